The number of aromatic nitrogens is 1. The number of unbranched alkanes of at least 4 members (excludes halogenated alkanes) is 2. The van der Waals surface area contributed by atoms with Crippen LogP contribution in [0.4, 0.5) is 0 Å². The van der Waals surface area contributed by atoms with Crippen molar-refractivity contribution in [3.05, 3.63) is 29.6 Å². The van der Waals surface area contributed by atoms with Gasteiger partial charge in [0.15, 0.2) is 0 Å². The van der Waals surface area contributed by atoms with Crippen molar-refractivity contribution in [3.63, 3.8) is 0 Å². The molecular weight excluding hydrogens is 242 g/mol. The Hall–Kier alpha value is -0.850. The van der Waals surface area contributed by atoms with Crippen LogP contribution in [0.3, 0.4) is 0 Å². The Labute approximate surface area is 125 Å². The predicted molar refractivity (Wildman–Crippen MR) is 87.0 cm³/mol. The summed E-state index contributed by atoms with van der Waals surface area (Å²) in [4.78, 5) is 4.83. The fourth-order valence-electron chi connectivity index (χ4n) is 3.41. The molecule has 1 aromatic rings. The Balaban J connectivity index is 1.70. The van der Waals surface area contributed by atoms with Gasteiger partial charge in [-0.2, -0.15) is 0 Å². The molecule has 0 spiro atoms. The average molecular weight is 273 g/mol. The third kappa shape index (κ3) is 5.64. The van der Waals surface area contributed by atoms with Crippen LogP contribution in [0.15, 0.2) is 18.2 Å². The second-order valence-electron chi connectivity index (χ2n) is 6.47. The molecule has 1 heteroatoms. The molecule has 0 aliphatic heterocycles. The van der Waals surface area contributed by atoms with Crippen molar-refractivity contribution in [3.8, 4) is 0 Å². The molecule has 0 bridgehead atoms. The molecule has 1 saturated carbocycles. The van der Waals surface area contributed by atoms with Gasteiger partial charge in [-0.05, 0) is 43.7 Å². The van der Waals surface area contributed by atoms with Gasteiger partial charge in [-0.15, -0.1) is 0 Å². The summed E-state index contributed by atoms with van der Waals surface area (Å²) in [5.41, 5.74) is 2.61. The van der Waals surface area contributed by atoms with Crippen LogP contribution in [-0.4, -0.2) is 4.98 Å². The number of pyridine rings is 1. The minimum Gasteiger partial charge on any atom is -0.258 e. The Morgan fingerprint density at radius 2 is 1.65 bits per heavy atom. The van der Waals surface area contributed by atoms with Crippen molar-refractivity contribution in [2.45, 2.75) is 84.0 Å². The first kappa shape index (κ1) is 15.5. The van der Waals surface area contributed by atoms with Crippen molar-refractivity contribution in [2.24, 2.45) is 5.92 Å². The molecule has 1 aliphatic rings. The smallest absolute Gasteiger partial charge is 0.0406 e. The zero-order valence-corrected chi connectivity index (χ0v) is 13.2. The highest BCUT2D eigenvalue weighted by atomic mass is 14.7. The Bertz CT molecular complexity index is 366. The molecule has 1 fully saturated rings. The first-order valence-electron chi connectivity index (χ1n) is 8.83. The zero-order chi connectivity index (χ0) is 14.0. The largest absolute Gasteiger partial charge is 0.258 e. The van der Waals surface area contributed by atoms with Gasteiger partial charge >= 0.3 is 0 Å². The van der Waals surface area contributed by atoms with Gasteiger partial charge in [0.25, 0.3) is 0 Å². The summed E-state index contributed by atoms with van der Waals surface area (Å²) in [7, 11) is 0. The lowest BCUT2D eigenvalue weighted by Gasteiger charge is -2.21. The molecule has 0 radical (unpaired) electrons. The van der Waals surface area contributed by atoms with Crippen molar-refractivity contribution < 1.29 is 0 Å². The quantitative estimate of drug-likeness (QED) is 0.552. The van der Waals surface area contributed by atoms with Crippen molar-refractivity contribution in [2.75, 3.05) is 0 Å². The van der Waals surface area contributed by atoms with E-state index < -0.39 is 0 Å². The van der Waals surface area contributed by atoms with Crippen LogP contribution in [0, 0.1) is 5.92 Å². The molecule has 1 nitrogen and oxygen atoms in total. The van der Waals surface area contributed by atoms with Gasteiger partial charge in [0.2, 0.25) is 0 Å². The average Bonchev–Trinajstić information content (AvgIpc) is 2.49. The van der Waals surface area contributed by atoms with Crippen LogP contribution < -0.4 is 0 Å². The highest BCUT2D eigenvalue weighted by Crippen LogP contribution is 2.27. The van der Waals surface area contributed by atoms with Crippen LogP contribution >= 0.6 is 0 Å². The number of hydrogen-bond donors (Lipinski definition) is 0. The molecule has 20 heavy (non-hydrogen) atoms. The monoisotopic (exact) mass is 273 g/mol. The molecular formula is C19H31N. The first-order valence-corrected chi connectivity index (χ1v) is 8.83. The molecule has 1 aliphatic carbocycles. The summed E-state index contributed by atoms with van der Waals surface area (Å²) in [6.07, 6.45) is 16.3. The van der Waals surface area contributed by atoms with Crippen LogP contribution in [-0.2, 0) is 12.8 Å². The van der Waals surface area contributed by atoms with Gasteiger partial charge in [0, 0.05) is 11.4 Å². The minimum atomic E-state index is 1.01. The molecule has 0 amide bonds. The van der Waals surface area contributed by atoms with E-state index in [2.05, 4.69) is 25.1 Å². The first-order chi connectivity index (χ1) is 9.88. The maximum Gasteiger partial charge on any atom is 0.0406 e. The third-order valence-electron chi connectivity index (χ3n) is 4.67. The third-order valence-corrected chi connectivity index (χ3v) is 4.67. The molecule has 0 N–H and O–H groups in total. The zero-order valence-electron chi connectivity index (χ0n) is 13.2. The van der Waals surface area contributed by atoms with Crippen LogP contribution in [0.1, 0.15) is 82.5 Å². The fraction of sp³-hybridized carbons (Fsp3) is 0.737. The van der Waals surface area contributed by atoms with E-state index in [1.807, 2.05) is 0 Å². The van der Waals surface area contributed by atoms with Crippen LogP contribution in [0.25, 0.3) is 0 Å². The standard InChI is InChI=1S/C19H31N/c1-2-3-5-13-18-15-9-16-19(20-18)14-8-12-17-10-6-4-7-11-17/h9,15-17H,2-8,10-14H2,1H3. The van der Waals surface area contributed by atoms with Crippen molar-refractivity contribution in [1.29, 1.82) is 0 Å². The highest BCUT2D eigenvalue weighted by Gasteiger charge is 2.12. The SMILES string of the molecule is CCCCCc1cccc(CCCC2CCCCC2)n1. The number of hydrogen-bond acceptors (Lipinski definition) is 1. The van der Waals surface area contributed by atoms with E-state index in [9.17, 15) is 0 Å². The Morgan fingerprint density at radius 1 is 0.950 bits per heavy atom. The lowest BCUT2D eigenvalue weighted by atomic mass is 9.85. The summed E-state index contributed by atoms with van der Waals surface area (Å²) >= 11 is 0. The van der Waals surface area contributed by atoms with Gasteiger partial charge in [-0.25, -0.2) is 0 Å². The van der Waals surface area contributed by atoms with Crippen LogP contribution in [0.5, 0.6) is 0 Å². The molecule has 2 rings (SSSR count). The van der Waals surface area contributed by atoms with E-state index in [1.54, 1.807) is 0 Å². The predicted octanol–water partition coefficient (Wildman–Crippen LogP) is 5.72. The number of rotatable bonds is 8. The molecule has 0 saturated heterocycles. The number of nitrogens with zero attached hydrogens (tertiary/aromatic N) is 1. The molecule has 0 atom stereocenters. The number of aryl methyl sites for hydroxylation is 2. The molecule has 1 aromatic heterocycles. The van der Waals surface area contributed by atoms with E-state index in [1.165, 1.54) is 82.0 Å². The highest BCUT2D eigenvalue weighted by molar-refractivity contribution is 5.11. The van der Waals surface area contributed by atoms with Crippen LogP contribution in [0.2, 0.25) is 0 Å². The lowest BCUT2D eigenvalue weighted by molar-refractivity contribution is 0.332. The molecule has 0 unspecified atom stereocenters. The summed E-state index contributed by atoms with van der Waals surface area (Å²) in [5.74, 6) is 1.01. The minimum absolute atomic E-state index is 1.01. The summed E-state index contributed by atoms with van der Waals surface area (Å²) in [6.45, 7) is 2.26. The van der Waals surface area contributed by atoms with E-state index >= 15 is 0 Å². The summed E-state index contributed by atoms with van der Waals surface area (Å²) in [5, 5.41) is 0. The molecule has 112 valence electrons. The van der Waals surface area contributed by atoms with E-state index in [4.69, 9.17) is 4.98 Å². The van der Waals surface area contributed by atoms with Crippen molar-refractivity contribution in [1.82, 2.24) is 4.98 Å². The maximum atomic E-state index is 4.83. The normalized spacial score (nSPS) is 16.4. The van der Waals surface area contributed by atoms with Gasteiger partial charge in [-0.1, -0.05) is 64.4 Å². The molecule has 1 heterocycles. The summed E-state index contributed by atoms with van der Waals surface area (Å²) in [6, 6.07) is 6.61. The van der Waals surface area contributed by atoms with Gasteiger partial charge in [-0.3, -0.25) is 4.98 Å². The molecule has 0 aromatic carbocycles. The Kier molecular flexibility index (Phi) is 7.11. The topological polar surface area (TPSA) is 12.9 Å². The second-order valence-corrected chi connectivity index (χ2v) is 6.47. The van der Waals surface area contributed by atoms with Gasteiger partial charge in [0.05, 0.1) is 0 Å². The second kappa shape index (κ2) is 9.15. The van der Waals surface area contributed by atoms with E-state index in [0.29, 0.717) is 0 Å². The van der Waals surface area contributed by atoms with Gasteiger partial charge in [0.1, 0.15) is 0 Å². The lowest BCUT2D eigenvalue weighted by Crippen LogP contribution is -2.06. The maximum absolute atomic E-state index is 4.83. The fourth-order valence-corrected chi connectivity index (χ4v) is 3.41. The van der Waals surface area contributed by atoms with E-state index in [-0.39, 0.29) is 0 Å². The van der Waals surface area contributed by atoms with E-state index in [0.717, 1.165) is 12.3 Å². The Morgan fingerprint density at radius 3 is 2.35 bits per heavy atom. The van der Waals surface area contributed by atoms with Gasteiger partial charge < -0.3 is 0 Å². The summed E-state index contributed by atoms with van der Waals surface area (Å²) < 4.78 is 0. The van der Waals surface area contributed by atoms with Crippen molar-refractivity contribution >= 4 is 0 Å².